The number of sulfonamides is 1. The lowest BCUT2D eigenvalue weighted by Gasteiger charge is -2.12. The molecule has 152 valence electrons. The molecule has 9 heteroatoms. The fraction of sp³-hybridized carbons (Fsp3) is 0.200. The number of thiophene rings is 1. The van der Waals surface area contributed by atoms with E-state index < -0.39 is 16.2 Å². The van der Waals surface area contributed by atoms with E-state index in [0.29, 0.717) is 4.21 Å². The number of hydrogen-bond donors (Lipinski definition) is 3. The molecule has 1 aliphatic carbocycles. The SMILES string of the molecule is C[C@]1(c2ccccc2)C[C@@H]1NS(=O)(=O)c1ccc(-c2ccncc2)s1.O=C(O)O. The van der Waals surface area contributed by atoms with Gasteiger partial charge in [-0.15, -0.1) is 11.3 Å². The van der Waals surface area contributed by atoms with Crippen LogP contribution in [0.2, 0.25) is 0 Å². The van der Waals surface area contributed by atoms with Crippen molar-refractivity contribution >= 4 is 27.5 Å². The second kappa shape index (κ2) is 8.32. The molecule has 2 heterocycles. The molecule has 29 heavy (non-hydrogen) atoms. The molecule has 0 saturated heterocycles. The van der Waals surface area contributed by atoms with Crippen LogP contribution in [0.15, 0.2) is 71.2 Å². The summed E-state index contributed by atoms with van der Waals surface area (Å²) in [6.07, 6.45) is 2.40. The first-order chi connectivity index (χ1) is 13.7. The highest BCUT2D eigenvalue weighted by atomic mass is 32.2. The molecule has 0 spiro atoms. The minimum Gasteiger partial charge on any atom is -0.450 e. The molecule has 0 radical (unpaired) electrons. The number of nitrogens with zero attached hydrogens (tertiary/aromatic N) is 1. The van der Waals surface area contributed by atoms with Gasteiger partial charge in [0.1, 0.15) is 4.21 Å². The molecule has 0 bridgehead atoms. The molecule has 2 aromatic heterocycles. The van der Waals surface area contributed by atoms with Gasteiger partial charge in [-0.3, -0.25) is 4.98 Å². The summed E-state index contributed by atoms with van der Waals surface area (Å²) in [5, 5.41) is 13.9. The number of aromatic nitrogens is 1. The zero-order valence-electron chi connectivity index (χ0n) is 15.5. The minimum atomic E-state index is -3.51. The number of carboxylic acid groups (broad SMARTS) is 2. The van der Waals surface area contributed by atoms with Crippen LogP contribution in [-0.2, 0) is 15.4 Å². The van der Waals surface area contributed by atoms with Crippen molar-refractivity contribution in [2.75, 3.05) is 0 Å². The van der Waals surface area contributed by atoms with Gasteiger partial charge in [-0.1, -0.05) is 37.3 Å². The van der Waals surface area contributed by atoms with Gasteiger partial charge < -0.3 is 10.2 Å². The van der Waals surface area contributed by atoms with Gasteiger partial charge in [0.2, 0.25) is 10.0 Å². The number of hydrogen-bond acceptors (Lipinski definition) is 5. The first kappa shape index (κ1) is 21.0. The number of rotatable bonds is 5. The van der Waals surface area contributed by atoms with Crippen LogP contribution in [-0.4, -0.2) is 35.8 Å². The summed E-state index contributed by atoms with van der Waals surface area (Å²) in [5.74, 6) is 0. The van der Waals surface area contributed by atoms with Gasteiger partial charge in [-0.25, -0.2) is 17.9 Å². The fourth-order valence-electron chi connectivity index (χ4n) is 3.06. The second-order valence-electron chi connectivity index (χ2n) is 6.80. The minimum absolute atomic E-state index is 0.0635. The van der Waals surface area contributed by atoms with E-state index in [2.05, 4.69) is 28.8 Å². The van der Waals surface area contributed by atoms with Gasteiger partial charge in [0.25, 0.3) is 0 Å². The van der Waals surface area contributed by atoms with E-state index in [-0.39, 0.29) is 11.5 Å². The number of nitrogens with one attached hydrogen (secondary N) is 1. The average molecular weight is 433 g/mol. The standard InChI is InChI=1S/C19H18N2O2S2.CH2O3/c1-19(15-5-3-2-4-6-15)13-17(19)21-25(22,23)18-8-7-16(24-18)14-9-11-20-12-10-14;2-1(3)4/h2-12,17,21H,13H2,1H3;(H2,2,3,4)/t17-,19+;/m0./s1. The third-order valence-corrected chi connectivity index (χ3v) is 7.88. The lowest BCUT2D eigenvalue weighted by molar-refractivity contribution is 0.137. The Bertz CT molecular complexity index is 1080. The van der Waals surface area contributed by atoms with E-state index in [9.17, 15) is 8.42 Å². The number of benzene rings is 1. The highest BCUT2D eigenvalue weighted by Gasteiger charge is 2.53. The predicted octanol–water partition coefficient (Wildman–Crippen LogP) is 4.04. The Morgan fingerprint density at radius 3 is 2.34 bits per heavy atom. The molecule has 7 nitrogen and oxygen atoms in total. The molecule has 1 aliphatic rings. The van der Waals surface area contributed by atoms with Crippen molar-refractivity contribution in [1.82, 2.24) is 9.71 Å². The van der Waals surface area contributed by atoms with Crippen molar-refractivity contribution in [3.63, 3.8) is 0 Å². The van der Waals surface area contributed by atoms with Gasteiger partial charge in [0.05, 0.1) is 0 Å². The zero-order chi connectivity index (χ0) is 21.1. The van der Waals surface area contributed by atoms with Gasteiger partial charge >= 0.3 is 6.16 Å². The zero-order valence-corrected chi connectivity index (χ0v) is 17.2. The van der Waals surface area contributed by atoms with E-state index in [1.54, 1.807) is 18.5 Å². The van der Waals surface area contributed by atoms with Crippen LogP contribution in [0.25, 0.3) is 10.4 Å². The average Bonchev–Trinajstić information content (AvgIpc) is 3.10. The highest BCUT2D eigenvalue weighted by Crippen LogP contribution is 2.48. The smallest absolute Gasteiger partial charge is 0.450 e. The van der Waals surface area contributed by atoms with Gasteiger partial charge in [0, 0.05) is 28.7 Å². The lowest BCUT2D eigenvalue weighted by Crippen LogP contribution is -2.29. The van der Waals surface area contributed by atoms with Crippen LogP contribution in [0, 0.1) is 0 Å². The molecular weight excluding hydrogens is 412 g/mol. The molecule has 3 N–H and O–H groups in total. The van der Waals surface area contributed by atoms with Crippen LogP contribution in [0.1, 0.15) is 18.9 Å². The van der Waals surface area contributed by atoms with Gasteiger partial charge in [-0.2, -0.15) is 0 Å². The van der Waals surface area contributed by atoms with E-state index in [0.717, 1.165) is 16.9 Å². The third kappa shape index (κ3) is 5.00. The second-order valence-corrected chi connectivity index (χ2v) is 9.82. The molecular formula is C20H20N2O5S2. The Balaban J connectivity index is 0.000000552. The van der Waals surface area contributed by atoms with E-state index >= 15 is 0 Å². The maximum absolute atomic E-state index is 12.7. The normalized spacial score (nSPS) is 20.4. The molecule has 1 aromatic carbocycles. The Morgan fingerprint density at radius 1 is 1.10 bits per heavy atom. The summed E-state index contributed by atoms with van der Waals surface area (Å²) in [6.45, 7) is 2.10. The Kier molecular flexibility index (Phi) is 6.02. The van der Waals surface area contributed by atoms with Crippen molar-refractivity contribution in [2.24, 2.45) is 0 Å². The molecule has 4 rings (SSSR count). The number of carbonyl (C=O) groups is 1. The molecule has 1 fully saturated rings. The summed E-state index contributed by atoms with van der Waals surface area (Å²) in [6, 6.07) is 17.3. The first-order valence-electron chi connectivity index (χ1n) is 8.72. The van der Waals surface area contributed by atoms with Crippen molar-refractivity contribution in [1.29, 1.82) is 0 Å². The predicted molar refractivity (Wildman–Crippen MR) is 111 cm³/mol. The van der Waals surface area contributed by atoms with E-state index in [4.69, 9.17) is 15.0 Å². The van der Waals surface area contributed by atoms with Crippen molar-refractivity contribution in [2.45, 2.75) is 29.0 Å². The topological polar surface area (TPSA) is 117 Å². The van der Waals surface area contributed by atoms with Crippen LogP contribution in [0.4, 0.5) is 4.79 Å². The maximum atomic E-state index is 12.7. The third-order valence-electron chi connectivity index (χ3n) is 4.78. The van der Waals surface area contributed by atoms with Crippen LogP contribution in [0.3, 0.4) is 0 Å². The monoisotopic (exact) mass is 432 g/mol. The Labute approximate surface area is 172 Å². The van der Waals surface area contributed by atoms with Gasteiger partial charge in [-0.05, 0) is 41.8 Å². The van der Waals surface area contributed by atoms with E-state index in [1.807, 2.05) is 36.4 Å². The Hall–Kier alpha value is -2.75. The largest absolute Gasteiger partial charge is 0.503 e. The van der Waals surface area contributed by atoms with Crippen molar-refractivity contribution in [3.05, 3.63) is 72.6 Å². The molecule has 2 atom stereocenters. The maximum Gasteiger partial charge on any atom is 0.503 e. The van der Waals surface area contributed by atoms with Gasteiger partial charge in [0.15, 0.2) is 0 Å². The van der Waals surface area contributed by atoms with Crippen molar-refractivity contribution < 1.29 is 23.4 Å². The first-order valence-corrected chi connectivity index (χ1v) is 11.0. The lowest BCUT2D eigenvalue weighted by atomic mass is 9.98. The molecule has 1 saturated carbocycles. The fourth-order valence-corrected chi connectivity index (χ4v) is 5.73. The summed E-state index contributed by atoms with van der Waals surface area (Å²) < 4.78 is 28.7. The van der Waals surface area contributed by atoms with Crippen LogP contribution in [0.5, 0.6) is 0 Å². The molecule has 0 amide bonds. The molecule has 0 unspecified atom stereocenters. The van der Waals surface area contributed by atoms with Crippen LogP contribution >= 0.6 is 11.3 Å². The van der Waals surface area contributed by atoms with Crippen LogP contribution < -0.4 is 4.72 Å². The highest BCUT2D eigenvalue weighted by molar-refractivity contribution is 7.91. The number of pyridine rings is 1. The molecule has 0 aliphatic heterocycles. The summed E-state index contributed by atoms with van der Waals surface area (Å²) in [5.41, 5.74) is 2.02. The quantitative estimate of drug-likeness (QED) is 0.560. The van der Waals surface area contributed by atoms with Crippen molar-refractivity contribution in [3.8, 4) is 10.4 Å². The summed E-state index contributed by atoms with van der Waals surface area (Å²) in [4.78, 5) is 13.5. The van der Waals surface area contributed by atoms with E-state index in [1.165, 1.54) is 16.9 Å². The summed E-state index contributed by atoms with van der Waals surface area (Å²) >= 11 is 1.28. The summed E-state index contributed by atoms with van der Waals surface area (Å²) in [7, 11) is -3.51. The molecule has 3 aromatic rings. The Morgan fingerprint density at radius 2 is 1.72 bits per heavy atom.